The van der Waals surface area contributed by atoms with E-state index in [1.165, 1.54) is 17.1 Å². The molecule has 0 saturated carbocycles. The molecule has 5 heteroatoms. The van der Waals surface area contributed by atoms with Crippen LogP contribution in [-0.4, -0.2) is 9.59 Å². The van der Waals surface area contributed by atoms with E-state index in [0.717, 1.165) is 16.1 Å². The fourth-order valence-electron chi connectivity index (χ4n) is 2.00. The zero-order valence-corrected chi connectivity index (χ0v) is 12.6. The minimum absolute atomic E-state index is 0.0472. The maximum Gasteiger partial charge on any atom is 0.0837 e. The molecular weight excluding hydrogens is 256 g/mol. The molecular formula is C14H20N4S. The van der Waals surface area contributed by atoms with Crippen LogP contribution in [0.1, 0.15) is 48.5 Å². The first-order valence-corrected chi connectivity index (χ1v) is 7.06. The Labute approximate surface area is 118 Å². The van der Waals surface area contributed by atoms with Gasteiger partial charge in [0.15, 0.2) is 0 Å². The van der Waals surface area contributed by atoms with Gasteiger partial charge in [-0.1, -0.05) is 49.5 Å². The molecule has 1 unspecified atom stereocenters. The molecule has 4 nitrogen and oxygen atoms in total. The largest absolute Gasteiger partial charge is 0.271 e. The minimum atomic E-state index is -0.0472. The van der Waals surface area contributed by atoms with Crippen molar-refractivity contribution in [3.63, 3.8) is 0 Å². The smallest absolute Gasteiger partial charge is 0.0837 e. The summed E-state index contributed by atoms with van der Waals surface area (Å²) < 4.78 is 3.97. The van der Waals surface area contributed by atoms with Crippen molar-refractivity contribution in [2.24, 2.45) is 5.84 Å². The third-order valence-electron chi connectivity index (χ3n) is 3.23. The third-order valence-corrected chi connectivity index (χ3v) is 4.12. The average molecular weight is 276 g/mol. The number of hydrazine groups is 1. The number of hydrogen-bond donors (Lipinski definition) is 2. The Morgan fingerprint density at radius 3 is 2.26 bits per heavy atom. The molecule has 0 saturated heterocycles. The number of benzene rings is 1. The topological polar surface area (TPSA) is 63.8 Å². The van der Waals surface area contributed by atoms with Gasteiger partial charge in [-0.3, -0.25) is 5.84 Å². The van der Waals surface area contributed by atoms with Gasteiger partial charge in [0, 0.05) is 0 Å². The maximum absolute atomic E-state index is 5.69. The first-order chi connectivity index (χ1) is 8.93. The van der Waals surface area contributed by atoms with Gasteiger partial charge in [-0.2, -0.15) is 0 Å². The first-order valence-electron chi connectivity index (χ1n) is 6.29. The van der Waals surface area contributed by atoms with E-state index < -0.39 is 0 Å². The van der Waals surface area contributed by atoms with Crippen LogP contribution in [0, 0.1) is 6.92 Å². The van der Waals surface area contributed by atoms with E-state index >= 15 is 0 Å². The van der Waals surface area contributed by atoms with Crippen molar-refractivity contribution in [2.45, 2.75) is 39.2 Å². The summed E-state index contributed by atoms with van der Waals surface area (Å²) >= 11 is 1.38. The first kappa shape index (κ1) is 14.1. The van der Waals surface area contributed by atoms with Crippen LogP contribution in [0.3, 0.4) is 0 Å². The number of nitrogens with two attached hydrogens (primary N) is 1. The lowest BCUT2D eigenvalue weighted by atomic mass is 9.86. The van der Waals surface area contributed by atoms with Gasteiger partial charge < -0.3 is 0 Å². The Hall–Kier alpha value is -1.30. The lowest BCUT2D eigenvalue weighted by molar-refractivity contribution is 0.588. The zero-order valence-electron chi connectivity index (χ0n) is 11.8. The Morgan fingerprint density at radius 2 is 1.84 bits per heavy atom. The summed E-state index contributed by atoms with van der Waals surface area (Å²) in [4.78, 5) is 1.06. The quantitative estimate of drug-likeness (QED) is 0.668. The van der Waals surface area contributed by atoms with E-state index in [9.17, 15) is 0 Å². The maximum atomic E-state index is 5.69. The molecule has 0 bridgehead atoms. The highest BCUT2D eigenvalue weighted by atomic mass is 32.1. The molecule has 2 rings (SSSR count). The monoisotopic (exact) mass is 276 g/mol. The molecule has 2 aromatic rings. The SMILES string of the molecule is Cc1nnsc1C(NN)c1ccc(C(C)(C)C)cc1. The summed E-state index contributed by atoms with van der Waals surface area (Å²) in [6, 6.07) is 8.50. The molecule has 19 heavy (non-hydrogen) atoms. The van der Waals surface area contributed by atoms with Crippen LogP contribution in [0.4, 0.5) is 0 Å². The summed E-state index contributed by atoms with van der Waals surface area (Å²) in [5, 5.41) is 4.04. The van der Waals surface area contributed by atoms with Gasteiger partial charge in [-0.25, -0.2) is 5.43 Å². The summed E-state index contributed by atoms with van der Waals surface area (Å²) in [6.07, 6.45) is 0. The number of aromatic nitrogens is 2. The third kappa shape index (κ3) is 3.00. The molecule has 0 radical (unpaired) electrons. The Morgan fingerprint density at radius 1 is 1.21 bits per heavy atom. The molecule has 0 aliphatic carbocycles. The van der Waals surface area contributed by atoms with E-state index in [1.54, 1.807) is 0 Å². The van der Waals surface area contributed by atoms with Gasteiger partial charge in [-0.05, 0) is 35.0 Å². The summed E-state index contributed by atoms with van der Waals surface area (Å²) in [5.74, 6) is 5.69. The number of rotatable bonds is 3. The molecule has 102 valence electrons. The zero-order chi connectivity index (χ0) is 14.0. The Bertz CT molecular complexity index is 539. The highest BCUT2D eigenvalue weighted by molar-refractivity contribution is 7.05. The molecule has 0 spiro atoms. The van der Waals surface area contributed by atoms with Crippen molar-refractivity contribution in [3.8, 4) is 0 Å². The number of nitrogens with one attached hydrogen (secondary N) is 1. The fourth-order valence-corrected chi connectivity index (χ4v) is 2.74. The van der Waals surface area contributed by atoms with E-state index in [-0.39, 0.29) is 11.5 Å². The number of nitrogens with zero attached hydrogens (tertiary/aromatic N) is 2. The molecule has 1 aromatic heterocycles. The lowest BCUT2D eigenvalue weighted by Gasteiger charge is -2.21. The molecule has 0 aliphatic heterocycles. The van der Waals surface area contributed by atoms with Crippen molar-refractivity contribution in [1.82, 2.24) is 15.0 Å². The Kier molecular flexibility index (Phi) is 3.99. The van der Waals surface area contributed by atoms with E-state index in [4.69, 9.17) is 5.84 Å². The molecule has 0 fully saturated rings. The second kappa shape index (κ2) is 5.36. The van der Waals surface area contributed by atoms with Crippen molar-refractivity contribution < 1.29 is 0 Å². The van der Waals surface area contributed by atoms with Crippen LogP contribution >= 0.6 is 11.5 Å². The molecule has 1 aromatic carbocycles. The predicted molar refractivity (Wildman–Crippen MR) is 79.0 cm³/mol. The standard InChI is InChI=1S/C14H20N4S/c1-9-13(19-18-17-9)12(16-15)10-5-7-11(8-6-10)14(2,3)4/h5-8,12,16H,15H2,1-4H3. The summed E-state index contributed by atoms with van der Waals surface area (Å²) in [6.45, 7) is 8.57. The molecule has 0 aliphatic rings. The second-order valence-corrected chi connectivity index (χ2v) is 6.48. The van der Waals surface area contributed by atoms with Crippen molar-refractivity contribution in [1.29, 1.82) is 0 Å². The van der Waals surface area contributed by atoms with Gasteiger partial charge in [-0.15, -0.1) is 5.10 Å². The van der Waals surface area contributed by atoms with Gasteiger partial charge in [0.1, 0.15) is 0 Å². The van der Waals surface area contributed by atoms with E-state index in [2.05, 4.69) is 60.0 Å². The summed E-state index contributed by atoms with van der Waals surface area (Å²) in [7, 11) is 0. The van der Waals surface area contributed by atoms with Crippen LogP contribution in [0.2, 0.25) is 0 Å². The van der Waals surface area contributed by atoms with Gasteiger partial charge in [0.25, 0.3) is 0 Å². The van der Waals surface area contributed by atoms with Crippen molar-refractivity contribution >= 4 is 11.5 Å². The van der Waals surface area contributed by atoms with E-state index in [1.807, 2.05) is 6.92 Å². The van der Waals surface area contributed by atoms with Crippen LogP contribution in [0.15, 0.2) is 24.3 Å². The molecule has 3 N–H and O–H groups in total. The van der Waals surface area contributed by atoms with Crippen LogP contribution in [0.25, 0.3) is 0 Å². The number of hydrogen-bond acceptors (Lipinski definition) is 5. The minimum Gasteiger partial charge on any atom is -0.271 e. The average Bonchev–Trinajstić information content (AvgIpc) is 2.76. The summed E-state index contributed by atoms with van der Waals surface area (Å²) in [5.41, 5.74) is 6.37. The van der Waals surface area contributed by atoms with Gasteiger partial charge in [0.2, 0.25) is 0 Å². The highest BCUT2D eigenvalue weighted by Gasteiger charge is 2.19. The van der Waals surface area contributed by atoms with Gasteiger partial charge >= 0.3 is 0 Å². The number of aryl methyl sites for hydroxylation is 1. The predicted octanol–water partition coefficient (Wildman–Crippen LogP) is 2.70. The lowest BCUT2D eigenvalue weighted by Crippen LogP contribution is -2.28. The molecule has 0 amide bonds. The van der Waals surface area contributed by atoms with Crippen LogP contribution in [-0.2, 0) is 5.41 Å². The van der Waals surface area contributed by atoms with E-state index in [0.29, 0.717) is 0 Å². The fraction of sp³-hybridized carbons (Fsp3) is 0.429. The van der Waals surface area contributed by atoms with Crippen LogP contribution < -0.4 is 11.3 Å². The molecule has 1 heterocycles. The van der Waals surface area contributed by atoms with Crippen LogP contribution in [0.5, 0.6) is 0 Å². The van der Waals surface area contributed by atoms with Gasteiger partial charge in [0.05, 0.1) is 16.6 Å². The normalized spacial score (nSPS) is 13.5. The highest BCUT2D eigenvalue weighted by Crippen LogP contribution is 2.28. The Balaban J connectivity index is 2.33. The second-order valence-electron chi connectivity index (χ2n) is 5.69. The molecule has 1 atom stereocenters. The van der Waals surface area contributed by atoms with Crippen molar-refractivity contribution in [3.05, 3.63) is 46.0 Å². The van der Waals surface area contributed by atoms with Crippen molar-refractivity contribution in [2.75, 3.05) is 0 Å².